The lowest BCUT2D eigenvalue weighted by Crippen LogP contribution is -2.18. The molecule has 1 aliphatic heterocycles. The molecule has 4 rings (SSSR count). The van der Waals surface area contributed by atoms with Gasteiger partial charge in [-0.25, -0.2) is 4.98 Å². The Morgan fingerprint density at radius 1 is 1.36 bits per heavy atom. The predicted molar refractivity (Wildman–Crippen MR) is 111 cm³/mol. The van der Waals surface area contributed by atoms with Gasteiger partial charge < -0.3 is 10.1 Å². The lowest BCUT2D eigenvalue weighted by Gasteiger charge is -2.14. The fraction of sp³-hybridized carbons (Fsp3) is 0.333. The zero-order valence-corrected chi connectivity index (χ0v) is 17.3. The van der Waals surface area contributed by atoms with Crippen molar-refractivity contribution in [2.75, 3.05) is 17.7 Å². The smallest absolute Gasteiger partial charge is 0.236 e. The number of hydrogen-bond donors (Lipinski definition) is 1. The van der Waals surface area contributed by atoms with Gasteiger partial charge in [0.15, 0.2) is 16.1 Å². The Balaban J connectivity index is 1.52. The van der Waals surface area contributed by atoms with Crippen LogP contribution in [-0.4, -0.2) is 44.1 Å². The van der Waals surface area contributed by atoms with Crippen LogP contribution >= 0.6 is 34.7 Å². The number of nitrogens with zero attached hydrogens (tertiary/aromatic N) is 4. The van der Waals surface area contributed by atoms with E-state index in [0.717, 1.165) is 30.8 Å². The third kappa shape index (κ3) is 4.72. The molecule has 1 saturated heterocycles. The van der Waals surface area contributed by atoms with Crippen LogP contribution in [0.1, 0.15) is 12.8 Å². The molecule has 0 spiro atoms. The topological polar surface area (TPSA) is 81.9 Å². The number of rotatable bonds is 7. The van der Waals surface area contributed by atoms with Gasteiger partial charge in [0.1, 0.15) is 0 Å². The molecule has 1 N–H and O–H groups in total. The second-order valence-corrected chi connectivity index (χ2v) is 8.51. The van der Waals surface area contributed by atoms with E-state index >= 15 is 0 Å². The maximum absolute atomic E-state index is 12.2. The number of carbonyl (C=O) groups is 1. The van der Waals surface area contributed by atoms with Gasteiger partial charge >= 0.3 is 0 Å². The monoisotopic (exact) mass is 435 g/mol. The molecule has 0 radical (unpaired) electrons. The number of halogens is 1. The van der Waals surface area contributed by atoms with Gasteiger partial charge in [0, 0.05) is 28.8 Å². The minimum absolute atomic E-state index is 0.125. The van der Waals surface area contributed by atoms with Crippen molar-refractivity contribution in [1.82, 2.24) is 19.7 Å². The molecule has 0 unspecified atom stereocenters. The van der Waals surface area contributed by atoms with Crippen molar-refractivity contribution < 1.29 is 9.53 Å². The zero-order valence-electron chi connectivity index (χ0n) is 14.9. The number of hydrogen-bond acceptors (Lipinski definition) is 7. The summed E-state index contributed by atoms with van der Waals surface area (Å²) in [4.78, 5) is 16.3. The number of carbonyl (C=O) groups excluding carboxylic acids is 1. The van der Waals surface area contributed by atoms with Gasteiger partial charge in [-0.15, -0.1) is 21.5 Å². The molecule has 1 aliphatic rings. The van der Waals surface area contributed by atoms with E-state index in [-0.39, 0.29) is 17.8 Å². The number of anilines is 1. The Kier molecular flexibility index (Phi) is 6.26. The molecule has 0 bridgehead atoms. The maximum atomic E-state index is 12.2. The second kappa shape index (κ2) is 9.04. The van der Waals surface area contributed by atoms with E-state index in [1.165, 1.54) is 23.1 Å². The molecule has 3 aromatic rings. The van der Waals surface area contributed by atoms with Crippen molar-refractivity contribution in [3.05, 3.63) is 40.9 Å². The van der Waals surface area contributed by atoms with Crippen LogP contribution in [0.5, 0.6) is 0 Å². The highest BCUT2D eigenvalue weighted by molar-refractivity contribution is 7.99. The highest BCUT2D eigenvalue weighted by Gasteiger charge is 2.22. The van der Waals surface area contributed by atoms with Crippen LogP contribution < -0.4 is 5.32 Å². The molecule has 146 valence electrons. The molecule has 3 heterocycles. The highest BCUT2D eigenvalue weighted by Crippen LogP contribution is 2.27. The van der Waals surface area contributed by atoms with E-state index in [0.29, 0.717) is 21.9 Å². The fourth-order valence-electron chi connectivity index (χ4n) is 2.94. The number of thioether (sulfide) groups is 1. The normalized spacial score (nSPS) is 16.4. The van der Waals surface area contributed by atoms with Crippen molar-refractivity contribution in [3.63, 3.8) is 0 Å². The van der Waals surface area contributed by atoms with Crippen molar-refractivity contribution in [2.24, 2.45) is 0 Å². The van der Waals surface area contributed by atoms with E-state index in [1.54, 1.807) is 6.20 Å². The summed E-state index contributed by atoms with van der Waals surface area (Å²) >= 11 is 8.75. The molecule has 1 atom stereocenters. The van der Waals surface area contributed by atoms with Crippen molar-refractivity contribution in [3.8, 4) is 11.4 Å². The minimum Gasteiger partial charge on any atom is -0.376 e. The first kappa shape index (κ1) is 19.4. The van der Waals surface area contributed by atoms with E-state index in [4.69, 9.17) is 16.3 Å². The summed E-state index contributed by atoms with van der Waals surface area (Å²) in [5.41, 5.74) is 0.925. The first-order valence-corrected chi connectivity index (χ1v) is 11.1. The molecule has 1 aromatic carbocycles. The molecule has 0 saturated carbocycles. The van der Waals surface area contributed by atoms with E-state index in [2.05, 4.69) is 20.5 Å². The summed E-state index contributed by atoms with van der Waals surface area (Å²) in [6.07, 6.45) is 3.85. The number of benzene rings is 1. The summed E-state index contributed by atoms with van der Waals surface area (Å²) in [6.45, 7) is 1.43. The average Bonchev–Trinajstić information content (AvgIpc) is 3.44. The predicted octanol–water partition coefficient (Wildman–Crippen LogP) is 3.96. The van der Waals surface area contributed by atoms with Gasteiger partial charge in [-0.05, 0) is 37.1 Å². The van der Waals surface area contributed by atoms with Gasteiger partial charge in [0.05, 0.1) is 18.4 Å². The minimum atomic E-state index is -0.125. The van der Waals surface area contributed by atoms with Crippen LogP contribution in [0, 0.1) is 0 Å². The molecule has 2 aromatic heterocycles. The molecule has 1 amide bonds. The van der Waals surface area contributed by atoms with Crippen LogP contribution in [-0.2, 0) is 16.1 Å². The van der Waals surface area contributed by atoms with Gasteiger partial charge in [0.2, 0.25) is 5.91 Å². The highest BCUT2D eigenvalue weighted by atomic mass is 35.5. The number of nitrogens with one attached hydrogen (secondary N) is 1. The second-order valence-electron chi connectivity index (χ2n) is 6.23. The molecule has 10 heteroatoms. The molecule has 1 fully saturated rings. The Labute approximate surface area is 175 Å². The lowest BCUT2D eigenvalue weighted by molar-refractivity contribution is -0.113. The summed E-state index contributed by atoms with van der Waals surface area (Å²) in [6, 6.07) is 7.50. The van der Waals surface area contributed by atoms with Gasteiger partial charge in [-0.1, -0.05) is 23.4 Å². The van der Waals surface area contributed by atoms with Crippen LogP contribution in [0.25, 0.3) is 11.4 Å². The van der Waals surface area contributed by atoms with E-state index in [9.17, 15) is 4.79 Å². The Morgan fingerprint density at radius 3 is 2.93 bits per heavy atom. The Morgan fingerprint density at radius 2 is 2.21 bits per heavy atom. The van der Waals surface area contributed by atoms with Crippen LogP contribution in [0.15, 0.2) is 41.0 Å². The van der Waals surface area contributed by atoms with Crippen molar-refractivity contribution in [1.29, 1.82) is 0 Å². The summed E-state index contributed by atoms with van der Waals surface area (Å²) in [7, 11) is 0. The summed E-state index contributed by atoms with van der Waals surface area (Å²) < 4.78 is 7.82. The lowest BCUT2D eigenvalue weighted by atomic mass is 10.2. The van der Waals surface area contributed by atoms with Crippen LogP contribution in [0.3, 0.4) is 0 Å². The summed E-state index contributed by atoms with van der Waals surface area (Å²) in [5, 5.41) is 15.2. The molecular weight excluding hydrogens is 418 g/mol. The Hall–Kier alpha value is -1.94. The quantitative estimate of drug-likeness (QED) is 0.565. The van der Waals surface area contributed by atoms with Crippen LogP contribution in [0.4, 0.5) is 5.13 Å². The molecular formula is C18H18ClN5O2S2. The van der Waals surface area contributed by atoms with Gasteiger partial charge in [0.25, 0.3) is 0 Å². The Bertz CT molecular complexity index is 924. The number of ether oxygens (including phenoxy) is 1. The molecule has 7 nitrogen and oxygen atoms in total. The first-order valence-electron chi connectivity index (χ1n) is 8.82. The van der Waals surface area contributed by atoms with Gasteiger partial charge in [-0.2, -0.15) is 0 Å². The number of amides is 1. The SMILES string of the molecule is O=C(CSc1nnc(-c2ccc(Cl)cc2)n1C[C@@H]1CCCO1)Nc1nccs1. The zero-order chi connectivity index (χ0) is 19.3. The number of thiazole rings is 1. The summed E-state index contributed by atoms with van der Waals surface area (Å²) in [5.74, 6) is 0.846. The molecule has 28 heavy (non-hydrogen) atoms. The maximum Gasteiger partial charge on any atom is 0.236 e. The standard InChI is InChI=1S/C18H18ClN5O2S2/c19-13-5-3-12(4-6-13)16-22-23-18(24(16)10-14-2-1-8-26-14)28-11-15(25)21-17-20-7-9-27-17/h3-7,9,14H,1-2,8,10-11H2,(H,20,21,25)/t14-/m0/s1. The van der Waals surface area contributed by atoms with Gasteiger partial charge in [-0.3, -0.25) is 9.36 Å². The molecule has 0 aliphatic carbocycles. The fourth-order valence-corrected chi connectivity index (χ4v) is 4.35. The van der Waals surface area contributed by atoms with E-state index < -0.39 is 0 Å². The first-order chi connectivity index (χ1) is 13.7. The third-order valence-electron chi connectivity index (χ3n) is 4.24. The van der Waals surface area contributed by atoms with E-state index in [1.807, 2.05) is 34.2 Å². The van der Waals surface area contributed by atoms with Crippen molar-refractivity contribution >= 4 is 45.7 Å². The largest absolute Gasteiger partial charge is 0.376 e. The average molecular weight is 436 g/mol. The number of aromatic nitrogens is 4. The van der Waals surface area contributed by atoms with Crippen LogP contribution in [0.2, 0.25) is 5.02 Å². The van der Waals surface area contributed by atoms with Crippen molar-refractivity contribution in [2.45, 2.75) is 30.6 Å². The third-order valence-corrected chi connectivity index (χ3v) is 6.15.